The first-order valence-corrected chi connectivity index (χ1v) is 37.5. The quantitative estimate of drug-likeness (QED) is 0.0563. The third kappa shape index (κ3) is 18.3. The van der Waals surface area contributed by atoms with Gasteiger partial charge in [0, 0.05) is 174 Å². The van der Waals surface area contributed by atoms with Gasteiger partial charge < -0.3 is 31.5 Å². The molecule has 6 fully saturated rings. The Bertz CT molecular complexity index is 5940. The Morgan fingerprint density at radius 1 is 0.427 bits per heavy atom. The molecular weight excluding hydrogens is 1520 g/mol. The molecule has 24 nitrogen and oxygen atoms in total. The van der Waals surface area contributed by atoms with Crippen molar-refractivity contribution in [2.75, 3.05) is 88.4 Å². The van der Waals surface area contributed by atoms with Crippen molar-refractivity contribution >= 4 is 51.7 Å². The molecule has 0 aliphatic carbocycles. The molecule has 6 aliphatic heterocycles. The molecule has 2 bridgehead atoms. The molecule has 9 aromatic heterocycles. The van der Waals surface area contributed by atoms with Gasteiger partial charge >= 0.3 is 18.5 Å². The number of likely N-dealkylation sites (tertiary alicyclic amines) is 4. The lowest BCUT2D eigenvalue weighted by atomic mass is 10.0. The predicted molar refractivity (Wildman–Crippen MR) is 413 cm³/mol. The Morgan fingerprint density at radius 3 is 1.15 bits per heavy atom. The zero-order chi connectivity index (χ0) is 81.1. The molecule has 15 heterocycles. The van der Waals surface area contributed by atoms with Gasteiger partial charge in [0.1, 0.15) is 17.1 Å². The molecule has 0 radical (unpaired) electrons. The van der Waals surface area contributed by atoms with Crippen LogP contribution in [-0.4, -0.2) is 181 Å². The highest BCUT2D eigenvalue weighted by Crippen LogP contribution is 2.40. The van der Waals surface area contributed by atoms with Crippen molar-refractivity contribution in [3.05, 3.63) is 267 Å². The van der Waals surface area contributed by atoms with Gasteiger partial charge in [-0.15, -0.1) is 0 Å². The number of aromatic nitrogens is 12. The van der Waals surface area contributed by atoms with Gasteiger partial charge in [0.15, 0.2) is 16.9 Å². The Labute approximate surface area is 663 Å². The highest BCUT2D eigenvalue weighted by Gasteiger charge is 2.43. The van der Waals surface area contributed by atoms with Gasteiger partial charge in [-0.2, -0.15) is 54.8 Å². The number of nitrogens with one attached hydrogen (secondary N) is 5. The number of carbonyl (C=O) groups is 3. The van der Waals surface area contributed by atoms with Crippen LogP contribution in [0.4, 0.5) is 56.6 Å². The summed E-state index contributed by atoms with van der Waals surface area (Å²) in [4.78, 5) is 72.1. The second-order valence-electron chi connectivity index (χ2n) is 29.7. The zero-order valence-corrected chi connectivity index (χ0v) is 62.5. The summed E-state index contributed by atoms with van der Waals surface area (Å²) in [6.07, 6.45) is 5.49. The van der Waals surface area contributed by atoms with Crippen LogP contribution in [0.25, 0.3) is 16.9 Å². The van der Waals surface area contributed by atoms with Crippen LogP contribution in [0.2, 0.25) is 0 Å². The molecule has 3 aromatic carbocycles. The van der Waals surface area contributed by atoms with Crippen molar-refractivity contribution in [1.29, 1.82) is 0 Å². The molecule has 33 heteroatoms. The van der Waals surface area contributed by atoms with E-state index in [1.165, 1.54) is 91.8 Å². The summed E-state index contributed by atoms with van der Waals surface area (Å²) in [7, 11) is 2.08. The maximum Gasteiger partial charge on any atom is 0.416 e. The maximum absolute atomic E-state index is 14.0. The molecule has 6 saturated heterocycles. The highest BCUT2D eigenvalue weighted by molar-refractivity contribution is 6.05. The summed E-state index contributed by atoms with van der Waals surface area (Å²) in [6, 6.07) is 27.8. The van der Waals surface area contributed by atoms with E-state index in [1.807, 2.05) is 0 Å². The molecule has 0 spiro atoms. The van der Waals surface area contributed by atoms with Crippen molar-refractivity contribution < 1.29 is 53.9 Å². The summed E-state index contributed by atoms with van der Waals surface area (Å²) in [5.41, 5.74) is 4.13. The van der Waals surface area contributed by atoms with E-state index in [0.717, 1.165) is 90.1 Å². The number of carbonyl (C=O) groups excluding carboxylic acids is 3. The van der Waals surface area contributed by atoms with E-state index < -0.39 is 52.9 Å². The van der Waals surface area contributed by atoms with Gasteiger partial charge in [-0.05, 0) is 176 Å². The van der Waals surface area contributed by atoms with Gasteiger partial charge in [0.25, 0.3) is 17.7 Å². The van der Waals surface area contributed by atoms with Gasteiger partial charge in [-0.3, -0.25) is 44.0 Å². The van der Waals surface area contributed by atoms with E-state index in [2.05, 4.69) is 134 Å². The van der Waals surface area contributed by atoms with Gasteiger partial charge in [0.2, 0.25) is 0 Å². The first kappa shape index (κ1) is 78.1. The number of alkyl halides is 9. The molecule has 594 valence electrons. The van der Waals surface area contributed by atoms with Crippen LogP contribution in [0.5, 0.6) is 0 Å². The van der Waals surface area contributed by atoms with Crippen molar-refractivity contribution in [3.63, 3.8) is 0 Å². The third-order valence-electron chi connectivity index (χ3n) is 21.4. The number of benzene rings is 3. The van der Waals surface area contributed by atoms with E-state index in [0.29, 0.717) is 80.4 Å². The largest absolute Gasteiger partial charge is 0.416 e. The van der Waals surface area contributed by atoms with Crippen molar-refractivity contribution in [2.24, 2.45) is 23.7 Å². The minimum atomic E-state index is -4.55. The first-order chi connectivity index (χ1) is 56.4. The van der Waals surface area contributed by atoms with Crippen LogP contribution in [0.1, 0.15) is 105 Å². The number of anilines is 3. The standard InChI is InChI=1S/C29H26F3N7O.C28H24F3N7O.C27H22F3N7O/c1-37-14-22-17-38(18-23(22)15-37)16-20-5-6-24(10-26(20)29(30,31)32)36-28(40)21-9-19(11-33-12-21)4-7-25-13-34-27-3-2-8-35-39(25)27;29-28(30,31)25-9-23(5-4-19(25)15-37-16-21-12-33-13-22(21)17-37)36-27(39)20-8-18(10-32-11-20)3-6-24-14-34-26-2-1-7-35-38(24)26;28-27(29,30)24-10-20(5-4-18(24)15-36-16-21-9-23(36)14-32-21)35-26(38)19-8-17(11-31-12-19)3-6-22-13-33-25-2-1-7-34-37(22)25/h2-3,5-6,8-13,22-23H,14-18H2,1H3,(H,36,40);1-2,4-5,7-11,14,21-22,33H,12-13,15-17H2,(H,36,39);1-2,4-5,7-8,10-13,21,23,32H,9,14-16H2,(H,35,38). The third-order valence-corrected chi connectivity index (χ3v) is 21.4. The number of hydrogen-bond acceptors (Lipinski definition) is 18. The zero-order valence-electron chi connectivity index (χ0n) is 62.5. The minimum absolute atomic E-state index is 0.0592. The van der Waals surface area contributed by atoms with Crippen molar-refractivity contribution in [1.82, 2.24) is 89.0 Å². The van der Waals surface area contributed by atoms with E-state index in [4.69, 9.17) is 0 Å². The van der Waals surface area contributed by atoms with Gasteiger partial charge in [0.05, 0.1) is 52.0 Å². The number of nitrogens with zero attached hydrogens (tertiary/aromatic N) is 16. The first-order valence-electron chi connectivity index (χ1n) is 37.5. The van der Waals surface area contributed by atoms with E-state index in [1.54, 1.807) is 87.1 Å². The number of piperazine rings is 1. The fraction of sp³-hybridized carbons (Fsp3) is 0.286. The average molecular weight is 1590 g/mol. The maximum atomic E-state index is 14.0. The van der Waals surface area contributed by atoms with Crippen LogP contribution in [0.15, 0.2) is 184 Å². The average Bonchev–Trinajstić information content (AvgIpc) is 1.79. The minimum Gasteiger partial charge on any atom is -0.322 e. The number of rotatable bonds is 12. The number of hydrogen-bond donors (Lipinski definition) is 5. The lowest BCUT2D eigenvalue weighted by Gasteiger charge is -2.28. The van der Waals surface area contributed by atoms with Crippen LogP contribution < -0.4 is 26.6 Å². The second kappa shape index (κ2) is 33.2. The topological polar surface area (TPSA) is 254 Å². The highest BCUT2D eigenvalue weighted by atomic mass is 19.4. The van der Waals surface area contributed by atoms with Gasteiger partial charge in [-0.1, -0.05) is 36.0 Å². The monoisotopic (exact) mass is 1590 g/mol. The lowest BCUT2D eigenvalue weighted by molar-refractivity contribution is -0.139. The predicted octanol–water partition coefficient (Wildman–Crippen LogP) is 10.6. The molecule has 6 aliphatic rings. The molecule has 117 heavy (non-hydrogen) atoms. The fourth-order valence-corrected chi connectivity index (χ4v) is 15.9. The molecule has 3 amide bonds. The summed E-state index contributed by atoms with van der Waals surface area (Å²) in [5, 5.41) is 27.0. The smallest absolute Gasteiger partial charge is 0.322 e. The summed E-state index contributed by atoms with van der Waals surface area (Å²) in [5.74, 6) is 17.9. The number of fused-ring (bicyclic) bond motifs is 7. The van der Waals surface area contributed by atoms with E-state index in [9.17, 15) is 53.9 Å². The fourth-order valence-electron chi connectivity index (χ4n) is 15.9. The normalized spacial score (nSPS) is 19.1. The molecule has 18 rings (SSSR count). The number of pyridine rings is 3. The molecule has 0 saturated carbocycles. The van der Waals surface area contributed by atoms with Crippen LogP contribution in [0.3, 0.4) is 0 Å². The summed E-state index contributed by atoms with van der Waals surface area (Å²) >= 11 is 0. The Balaban J connectivity index is 0.000000131. The lowest BCUT2D eigenvalue weighted by Crippen LogP contribution is -2.43. The summed E-state index contributed by atoms with van der Waals surface area (Å²) in [6.45, 7) is 9.17. The Kier molecular flexibility index (Phi) is 22.2. The van der Waals surface area contributed by atoms with E-state index in [-0.39, 0.29) is 76.1 Å². The second-order valence-corrected chi connectivity index (χ2v) is 29.7. The van der Waals surface area contributed by atoms with Gasteiger partial charge in [-0.25, -0.2) is 28.5 Å². The van der Waals surface area contributed by atoms with Crippen molar-refractivity contribution in [3.8, 4) is 35.5 Å². The van der Waals surface area contributed by atoms with Crippen molar-refractivity contribution in [2.45, 2.75) is 56.7 Å². The molecular formula is C84H72F9N21O3. The number of imidazole rings is 3. The SMILES string of the molecule is CN1CC2CN(Cc3ccc(NC(=O)c4cncc(C#Cc5cnc6cccnn56)c4)cc3C(F)(F)F)CC2C1.O=C(Nc1ccc(CN2CC3CC2CN3)c(C(F)(F)F)c1)c1cncc(C#Cc2cnc3cccnn23)c1.O=C(Nc1ccc(CN2CC3CNCC3C2)c(C(F)(F)F)c1)c1cncc(C#Cc2cnc3cccnn23)c1. The number of halogens is 9. The summed E-state index contributed by atoms with van der Waals surface area (Å²) < 4.78 is 131. The van der Waals surface area contributed by atoms with E-state index >= 15 is 0 Å². The Morgan fingerprint density at radius 2 is 0.795 bits per heavy atom. The number of amides is 3. The Hall–Kier alpha value is -12.8. The molecule has 6 atom stereocenters. The van der Waals surface area contributed by atoms with Crippen LogP contribution in [-0.2, 0) is 38.2 Å². The van der Waals surface area contributed by atoms with Crippen LogP contribution >= 0.6 is 0 Å². The molecule has 6 unspecified atom stereocenters. The molecule has 12 aromatic rings. The van der Waals surface area contributed by atoms with Crippen LogP contribution in [0, 0.1) is 59.2 Å². The molecule has 5 N–H and O–H groups in total.